The minimum atomic E-state index is -1.29. The standard InChI is InChI=1S/C18H21F2N3O5/c1-4-18(5-2)16(26)23(17(27)22-18)9-14(24)28-10(3)15(25)21-11-6-7-12(19)13(20)8-11/h6-8,10H,4-5,9H2,1-3H3,(H,21,25)(H,22,27)/t10-/m0/s1. The maximum Gasteiger partial charge on any atom is 0.327 e. The van der Waals surface area contributed by atoms with Gasteiger partial charge in [0.2, 0.25) is 0 Å². The van der Waals surface area contributed by atoms with Crippen LogP contribution in [0, 0.1) is 11.6 Å². The Hall–Kier alpha value is -3.04. The number of nitrogens with zero attached hydrogens (tertiary/aromatic N) is 1. The Bertz CT molecular complexity index is 810. The van der Waals surface area contributed by atoms with E-state index in [-0.39, 0.29) is 5.69 Å². The minimum absolute atomic E-state index is 0.0171. The van der Waals surface area contributed by atoms with Gasteiger partial charge in [-0.15, -0.1) is 0 Å². The SMILES string of the molecule is CCC1(CC)NC(=O)N(CC(=O)O[C@@H](C)C(=O)Nc2ccc(F)c(F)c2)C1=O. The second kappa shape index (κ2) is 8.32. The number of hydrogen-bond donors (Lipinski definition) is 2. The van der Waals surface area contributed by atoms with Crippen LogP contribution in [0.4, 0.5) is 19.3 Å². The molecule has 0 radical (unpaired) electrons. The van der Waals surface area contributed by atoms with Crippen LogP contribution in [0.1, 0.15) is 33.6 Å². The van der Waals surface area contributed by atoms with Crippen molar-refractivity contribution in [2.75, 3.05) is 11.9 Å². The van der Waals surface area contributed by atoms with E-state index >= 15 is 0 Å². The largest absolute Gasteiger partial charge is 0.451 e. The molecule has 28 heavy (non-hydrogen) atoms. The molecule has 152 valence electrons. The molecule has 10 heteroatoms. The zero-order valence-corrected chi connectivity index (χ0v) is 15.7. The van der Waals surface area contributed by atoms with Crippen LogP contribution >= 0.6 is 0 Å². The topological polar surface area (TPSA) is 105 Å². The zero-order chi connectivity index (χ0) is 21.1. The summed E-state index contributed by atoms with van der Waals surface area (Å²) in [7, 11) is 0. The highest BCUT2D eigenvalue weighted by molar-refractivity contribution is 6.08. The van der Waals surface area contributed by atoms with Crippen LogP contribution in [0.5, 0.6) is 0 Å². The van der Waals surface area contributed by atoms with Crippen LogP contribution in [0.2, 0.25) is 0 Å². The highest BCUT2D eigenvalue weighted by Crippen LogP contribution is 2.24. The molecule has 0 aliphatic carbocycles. The summed E-state index contributed by atoms with van der Waals surface area (Å²) in [5.74, 6) is -4.48. The van der Waals surface area contributed by atoms with Gasteiger partial charge in [0.1, 0.15) is 12.1 Å². The Kier molecular flexibility index (Phi) is 6.32. The molecule has 1 fully saturated rings. The molecule has 4 amide bonds. The molecule has 0 unspecified atom stereocenters. The van der Waals surface area contributed by atoms with Gasteiger partial charge in [-0.05, 0) is 31.9 Å². The number of carbonyl (C=O) groups is 4. The van der Waals surface area contributed by atoms with E-state index in [4.69, 9.17) is 4.74 Å². The van der Waals surface area contributed by atoms with Crippen molar-refractivity contribution in [2.45, 2.75) is 45.3 Å². The number of anilines is 1. The maximum atomic E-state index is 13.2. The highest BCUT2D eigenvalue weighted by Gasteiger charge is 2.49. The van der Waals surface area contributed by atoms with Gasteiger partial charge < -0.3 is 15.4 Å². The van der Waals surface area contributed by atoms with Crippen LogP contribution in [0.25, 0.3) is 0 Å². The Morgan fingerprint density at radius 2 is 1.86 bits per heavy atom. The molecule has 2 rings (SSSR count). The smallest absolute Gasteiger partial charge is 0.327 e. The third-order valence-corrected chi connectivity index (χ3v) is 4.60. The molecule has 0 saturated carbocycles. The number of carbonyl (C=O) groups excluding carboxylic acids is 4. The highest BCUT2D eigenvalue weighted by atomic mass is 19.2. The summed E-state index contributed by atoms with van der Waals surface area (Å²) >= 11 is 0. The molecule has 0 bridgehead atoms. The van der Waals surface area contributed by atoms with Gasteiger partial charge in [0, 0.05) is 11.8 Å². The molecule has 1 heterocycles. The predicted molar refractivity (Wildman–Crippen MR) is 94.1 cm³/mol. The monoisotopic (exact) mass is 397 g/mol. The average Bonchev–Trinajstić information content (AvgIpc) is 2.89. The van der Waals surface area contributed by atoms with E-state index in [0.717, 1.165) is 23.1 Å². The molecule has 1 atom stereocenters. The van der Waals surface area contributed by atoms with Gasteiger partial charge in [-0.1, -0.05) is 13.8 Å². The first-order valence-corrected chi connectivity index (χ1v) is 8.73. The summed E-state index contributed by atoms with van der Waals surface area (Å²) in [4.78, 5) is 49.3. The number of esters is 1. The Balaban J connectivity index is 1.95. The summed E-state index contributed by atoms with van der Waals surface area (Å²) in [5.41, 5.74) is -1.07. The van der Waals surface area contributed by atoms with E-state index in [1.807, 2.05) is 0 Å². The summed E-state index contributed by atoms with van der Waals surface area (Å²) in [6, 6.07) is 2.06. The van der Waals surface area contributed by atoms with Crippen LogP contribution in [-0.4, -0.2) is 46.9 Å². The lowest BCUT2D eigenvalue weighted by molar-refractivity contribution is -0.155. The Morgan fingerprint density at radius 1 is 1.21 bits per heavy atom. The lowest BCUT2D eigenvalue weighted by atomic mass is 9.93. The van der Waals surface area contributed by atoms with Crippen molar-refractivity contribution in [3.8, 4) is 0 Å². The molecular weight excluding hydrogens is 376 g/mol. The van der Waals surface area contributed by atoms with Crippen LogP contribution < -0.4 is 10.6 Å². The molecule has 8 nitrogen and oxygen atoms in total. The number of halogens is 2. The Morgan fingerprint density at radius 3 is 2.39 bits per heavy atom. The zero-order valence-electron chi connectivity index (χ0n) is 15.7. The fourth-order valence-electron chi connectivity index (χ4n) is 2.78. The average molecular weight is 397 g/mol. The minimum Gasteiger partial charge on any atom is -0.451 e. The summed E-state index contributed by atoms with van der Waals surface area (Å²) in [5, 5.41) is 4.85. The van der Waals surface area contributed by atoms with Gasteiger partial charge in [0.15, 0.2) is 17.7 Å². The molecule has 2 N–H and O–H groups in total. The van der Waals surface area contributed by atoms with Gasteiger partial charge in [0.25, 0.3) is 11.8 Å². The lowest BCUT2D eigenvalue weighted by Gasteiger charge is -2.23. The van der Waals surface area contributed by atoms with Crippen molar-refractivity contribution in [2.24, 2.45) is 0 Å². The van der Waals surface area contributed by atoms with Crippen molar-refractivity contribution in [1.82, 2.24) is 10.2 Å². The predicted octanol–water partition coefficient (Wildman–Crippen LogP) is 1.95. The molecule has 0 aromatic heterocycles. The van der Waals surface area contributed by atoms with E-state index in [0.29, 0.717) is 12.8 Å². The third kappa shape index (κ3) is 4.26. The number of rotatable bonds is 7. The first-order valence-electron chi connectivity index (χ1n) is 8.73. The van der Waals surface area contributed by atoms with Crippen molar-refractivity contribution in [1.29, 1.82) is 0 Å². The molecule has 1 aromatic carbocycles. The molecule has 1 saturated heterocycles. The van der Waals surface area contributed by atoms with Gasteiger partial charge in [-0.3, -0.25) is 19.3 Å². The molecule has 1 aliphatic rings. The third-order valence-electron chi connectivity index (χ3n) is 4.60. The Labute approximate surface area is 160 Å². The number of amides is 4. The van der Waals surface area contributed by atoms with Crippen molar-refractivity contribution < 1.29 is 32.7 Å². The van der Waals surface area contributed by atoms with E-state index in [2.05, 4.69) is 10.6 Å². The fraction of sp³-hybridized carbons (Fsp3) is 0.444. The number of hydrogen-bond acceptors (Lipinski definition) is 5. The first-order chi connectivity index (χ1) is 13.1. The summed E-state index contributed by atoms with van der Waals surface area (Å²) in [6.45, 7) is 4.11. The number of benzene rings is 1. The number of ether oxygens (including phenoxy) is 1. The van der Waals surface area contributed by atoms with Crippen molar-refractivity contribution >= 4 is 29.5 Å². The van der Waals surface area contributed by atoms with E-state index in [9.17, 15) is 28.0 Å². The molecule has 0 spiro atoms. The molecule has 1 aromatic rings. The second-order valence-corrected chi connectivity index (χ2v) is 6.36. The first kappa shape index (κ1) is 21.3. The molecular formula is C18H21F2N3O5. The lowest BCUT2D eigenvalue weighted by Crippen LogP contribution is -2.46. The van der Waals surface area contributed by atoms with Crippen LogP contribution in [0.3, 0.4) is 0 Å². The van der Waals surface area contributed by atoms with Gasteiger partial charge >= 0.3 is 12.0 Å². The summed E-state index contributed by atoms with van der Waals surface area (Å²) in [6.07, 6.45) is -0.553. The van der Waals surface area contributed by atoms with E-state index in [1.54, 1.807) is 13.8 Å². The van der Waals surface area contributed by atoms with E-state index < -0.39 is 53.6 Å². The van der Waals surface area contributed by atoms with Gasteiger partial charge in [-0.2, -0.15) is 0 Å². The van der Waals surface area contributed by atoms with Crippen LogP contribution in [-0.2, 0) is 19.1 Å². The normalized spacial score (nSPS) is 16.5. The quantitative estimate of drug-likeness (QED) is 0.541. The summed E-state index contributed by atoms with van der Waals surface area (Å²) < 4.78 is 31.0. The van der Waals surface area contributed by atoms with Crippen molar-refractivity contribution in [3.05, 3.63) is 29.8 Å². The van der Waals surface area contributed by atoms with Crippen LogP contribution in [0.15, 0.2) is 18.2 Å². The number of nitrogens with one attached hydrogen (secondary N) is 2. The van der Waals surface area contributed by atoms with Gasteiger partial charge in [-0.25, -0.2) is 13.6 Å². The maximum absolute atomic E-state index is 13.2. The van der Waals surface area contributed by atoms with Gasteiger partial charge in [0.05, 0.1) is 0 Å². The fourth-order valence-corrected chi connectivity index (χ4v) is 2.78. The van der Waals surface area contributed by atoms with E-state index in [1.165, 1.54) is 6.92 Å². The second-order valence-electron chi connectivity index (χ2n) is 6.36. The number of urea groups is 1. The van der Waals surface area contributed by atoms with Crippen molar-refractivity contribution in [3.63, 3.8) is 0 Å². The molecule has 1 aliphatic heterocycles. The number of imide groups is 1.